The Labute approximate surface area is 137 Å². The van der Waals surface area contributed by atoms with Gasteiger partial charge in [0.25, 0.3) is 0 Å². The number of carboxylic acid groups (broad SMARTS) is 1. The highest BCUT2D eigenvalue weighted by atomic mass is 32.2. The van der Waals surface area contributed by atoms with Crippen LogP contribution in [-0.4, -0.2) is 35.3 Å². The molecule has 0 radical (unpaired) electrons. The number of sulfone groups is 1. The van der Waals surface area contributed by atoms with Crippen LogP contribution in [0.5, 0.6) is 5.75 Å². The smallest absolute Gasteiger partial charge is 0.347 e. The quantitative estimate of drug-likeness (QED) is 0.681. The van der Waals surface area contributed by atoms with Crippen molar-refractivity contribution in [1.82, 2.24) is 4.98 Å². The number of benzene rings is 1. The molecule has 1 aromatic heterocycles. The zero-order valence-electron chi connectivity index (χ0n) is 12.5. The van der Waals surface area contributed by atoms with Crippen molar-refractivity contribution in [3.05, 3.63) is 28.8 Å². The summed E-state index contributed by atoms with van der Waals surface area (Å²) >= 11 is 0.933. The van der Waals surface area contributed by atoms with Gasteiger partial charge in [-0.1, -0.05) is 25.2 Å². The van der Waals surface area contributed by atoms with Crippen LogP contribution in [-0.2, 0) is 16.3 Å². The van der Waals surface area contributed by atoms with Gasteiger partial charge in [-0.2, -0.15) is 0 Å². The van der Waals surface area contributed by atoms with Crippen LogP contribution in [0.4, 0.5) is 10.8 Å². The first kappa shape index (κ1) is 17.2. The minimum absolute atomic E-state index is 0.0579. The molecule has 0 aliphatic rings. The lowest BCUT2D eigenvalue weighted by Gasteiger charge is -2.08. The normalized spacial score (nSPS) is 11.4. The molecule has 1 aromatic carbocycles. The molecule has 1 heterocycles. The van der Waals surface area contributed by atoms with Crippen molar-refractivity contribution in [3.63, 3.8) is 0 Å². The van der Waals surface area contributed by atoms with E-state index < -0.39 is 15.8 Å². The van der Waals surface area contributed by atoms with Gasteiger partial charge in [0.15, 0.2) is 15.0 Å². The van der Waals surface area contributed by atoms with Crippen LogP contribution in [0, 0.1) is 0 Å². The third-order valence-electron chi connectivity index (χ3n) is 3.18. The molecule has 0 spiro atoms. The molecule has 7 nitrogen and oxygen atoms in total. The largest absolute Gasteiger partial charge is 0.506 e. The van der Waals surface area contributed by atoms with Crippen molar-refractivity contribution in [2.45, 2.75) is 25.2 Å². The Hall–Kier alpha value is -2.13. The van der Waals surface area contributed by atoms with Crippen LogP contribution in [0.25, 0.3) is 0 Å². The van der Waals surface area contributed by atoms with E-state index in [-0.39, 0.29) is 32.1 Å². The van der Waals surface area contributed by atoms with Crippen molar-refractivity contribution in [3.8, 4) is 5.75 Å². The maximum absolute atomic E-state index is 11.9. The van der Waals surface area contributed by atoms with Gasteiger partial charge in [0.05, 0.1) is 22.0 Å². The summed E-state index contributed by atoms with van der Waals surface area (Å²) in [6.07, 6.45) is 0.454. The third-order valence-corrected chi connectivity index (χ3v) is 5.91. The van der Waals surface area contributed by atoms with E-state index in [1.54, 1.807) is 6.92 Å². The monoisotopic (exact) mass is 356 g/mol. The van der Waals surface area contributed by atoms with Gasteiger partial charge in [-0.25, -0.2) is 18.2 Å². The number of carboxylic acids is 1. The molecule has 0 saturated heterocycles. The van der Waals surface area contributed by atoms with Gasteiger partial charge >= 0.3 is 5.97 Å². The van der Waals surface area contributed by atoms with Crippen LogP contribution < -0.4 is 5.32 Å². The molecule has 0 unspecified atom stereocenters. The molecule has 3 N–H and O–H groups in total. The lowest BCUT2D eigenvalue weighted by atomic mass is 10.3. The zero-order valence-corrected chi connectivity index (χ0v) is 14.2. The van der Waals surface area contributed by atoms with E-state index in [4.69, 9.17) is 5.11 Å². The van der Waals surface area contributed by atoms with Gasteiger partial charge < -0.3 is 15.5 Å². The second kappa shape index (κ2) is 6.55. The number of nitrogens with zero attached hydrogens (tertiary/aromatic N) is 1. The molecular formula is C14H16N2O5S2. The molecule has 0 amide bonds. The number of aromatic nitrogens is 1. The Morgan fingerprint density at radius 1 is 1.35 bits per heavy atom. The maximum atomic E-state index is 11.9. The molecule has 0 bridgehead atoms. The Morgan fingerprint density at radius 2 is 2.04 bits per heavy atom. The van der Waals surface area contributed by atoms with Crippen molar-refractivity contribution >= 4 is 38.0 Å². The maximum Gasteiger partial charge on any atom is 0.347 e. The lowest BCUT2D eigenvalue weighted by molar-refractivity contribution is 0.0700. The predicted octanol–water partition coefficient (Wildman–Crippen LogP) is 2.65. The Balaban J connectivity index is 2.41. The van der Waals surface area contributed by atoms with E-state index in [1.165, 1.54) is 25.1 Å². The summed E-state index contributed by atoms with van der Waals surface area (Å²) in [6, 6.07) is 3.90. The number of phenolic OH excluding ortho intramolecular Hbond substituents is 1. The molecule has 23 heavy (non-hydrogen) atoms. The average Bonchev–Trinajstić information content (AvgIpc) is 2.92. The topological polar surface area (TPSA) is 117 Å². The minimum Gasteiger partial charge on any atom is -0.506 e. The highest BCUT2D eigenvalue weighted by Gasteiger charge is 2.18. The third kappa shape index (κ3) is 3.62. The fraction of sp³-hybridized carbons (Fsp3) is 0.286. The van der Waals surface area contributed by atoms with Gasteiger partial charge in [0.1, 0.15) is 10.6 Å². The van der Waals surface area contributed by atoms with Crippen LogP contribution in [0.3, 0.4) is 0 Å². The highest BCUT2D eigenvalue weighted by molar-refractivity contribution is 7.91. The average molecular weight is 356 g/mol. The van der Waals surface area contributed by atoms with Crippen molar-refractivity contribution in [2.24, 2.45) is 0 Å². The molecule has 2 aromatic rings. The minimum atomic E-state index is -3.41. The summed E-state index contributed by atoms with van der Waals surface area (Å²) < 4.78 is 23.8. The number of rotatable bonds is 6. The fourth-order valence-corrected chi connectivity index (χ4v) is 3.71. The summed E-state index contributed by atoms with van der Waals surface area (Å²) in [5, 5.41) is 22.1. The number of aromatic hydroxyl groups is 1. The lowest BCUT2D eigenvalue weighted by Crippen LogP contribution is -2.04. The predicted molar refractivity (Wildman–Crippen MR) is 87.6 cm³/mol. The van der Waals surface area contributed by atoms with Gasteiger partial charge in [-0.05, 0) is 24.6 Å². The first-order valence-corrected chi connectivity index (χ1v) is 9.31. The van der Waals surface area contributed by atoms with E-state index >= 15 is 0 Å². The van der Waals surface area contributed by atoms with Crippen LogP contribution >= 0.6 is 11.3 Å². The summed E-state index contributed by atoms with van der Waals surface area (Å²) in [6.45, 7) is 3.32. The second-order valence-electron chi connectivity index (χ2n) is 4.66. The van der Waals surface area contributed by atoms with Gasteiger partial charge in [0, 0.05) is 0 Å². The van der Waals surface area contributed by atoms with Crippen molar-refractivity contribution in [2.75, 3.05) is 11.1 Å². The Morgan fingerprint density at radius 3 is 2.57 bits per heavy atom. The first-order valence-electron chi connectivity index (χ1n) is 6.84. The summed E-state index contributed by atoms with van der Waals surface area (Å²) in [4.78, 5) is 15.5. The van der Waals surface area contributed by atoms with Crippen LogP contribution in [0.2, 0.25) is 0 Å². The number of aryl methyl sites for hydroxylation is 1. The fourth-order valence-electron chi connectivity index (χ4n) is 1.90. The number of thiazole rings is 1. The molecule has 0 aliphatic carbocycles. The van der Waals surface area contributed by atoms with Gasteiger partial charge in [-0.3, -0.25) is 0 Å². The standard InChI is InChI=1S/C14H16N2O5S2/c1-3-9-12(13(18)19)22-14(15-9)16-10-7-8(5-6-11(10)17)23(20,21)4-2/h5-7,17H,3-4H2,1-2H3,(H,15,16)(H,18,19). The van der Waals surface area contributed by atoms with Crippen molar-refractivity contribution in [1.29, 1.82) is 0 Å². The van der Waals surface area contributed by atoms with Gasteiger partial charge in [-0.15, -0.1) is 0 Å². The molecule has 9 heteroatoms. The summed E-state index contributed by atoms with van der Waals surface area (Å²) in [5.74, 6) is -1.28. The number of hydrogen-bond donors (Lipinski definition) is 3. The van der Waals surface area contributed by atoms with Crippen LogP contribution in [0.15, 0.2) is 23.1 Å². The second-order valence-corrected chi connectivity index (χ2v) is 7.94. The van der Waals surface area contributed by atoms with E-state index in [2.05, 4.69) is 10.3 Å². The molecule has 2 rings (SSSR count). The zero-order chi connectivity index (χ0) is 17.2. The van der Waals surface area contributed by atoms with E-state index in [1.807, 2.05) is 0 Å². The SMILES string of the molecule is CCc1nc(Nc2cc(S(=O)(=O)CC)ccc2O)sc1C(=O)O. The van der Waals surface area contributed by atoms with E-state index in [0.717, 1.165) is 11.3 Å². The number of aromatic carboxylic acids is 1. The number of phenols is 1. The molecule has 124 valence electrons. The first-order chi connectivity index (χ1) is 10.8. The molecule has 0 aliphatic heterocycles. The van der Waals surface area contributed by atoms with E-state index in [0.29, 0.717) is 12.1 Å². The highest BCUT2D eigenvalue weighted by Crippen LogP contribution is 2.32. The Kier molecular flexibility index (Phi) is 4.90. The number of anilines is 2. The van der Waals surface area contributed by atoms with E-state index in [9.17, 15) is 18.3 Å². The van der Waals surface area contributed by atoms with Gasteiger partial charge in [0.2, 0.25) is 0 Å². The summed E-state index contributed by atoms with van der Waals surface area (Å²) in [5.41, 5.74) is 0.592. The van der Waals surface area contributed by atoms with Crippen molar-refractivity contribution < 1.29 is 23.4 Å². The summed E-state index contributed by atoms with van der Waals surface area (Å²) in [7, 11) is -3.41. The molecule has 0 atom stereocenters. The number of nitrogens with one attached hydrogen (secondary N) is 1. The van der Waals surface area contributed by atoms with Crippen LogP contribution in [0.1, 0.15) is 29.2 Å². The Bertz CT molecular complexity index is 843. The molecule has 0 fully saturated rings. The molecular weight excluding hydrogens is 340 g/mol. The number of hydrogen-bond acceptors (Lipinski definition) is 7. The molecule has 0 saturated carbocycles. The number of carbonyl (C=O) groups is 1.